The molecule has 0 radical (unpaired) electrons. The van der Waals surface area contributed by atoms with E-state index in [1.54, 1.807) is 25.3 Å². The zero-order chi connectivity index (χ0) is 14.1. The van der Waals surface area contributed by atoms with Crippen LogP contribution in [0.4, 0.5) is 0 Å². The van der Waals surface area contributed by atoms with Crippen molar-refractivity contribution in [3.05, 3.63) is 23.8 Å². The van der Waals surface area contributed by atoms with Crippen molar-refractivity contribution in [2.75, 3.05) is 34.0 Å². The number of nitrogens with one attached hydrogen (secondary N) is 1. The molecule has 1 rings (SSSR count). The number of ether oxygens (including phenoxy) is 3. The number of aliphatic hydroxyl groups excluding tert-OH is 1. The summed E-state index contributed by atoms with van der Waals surface area (Å²) in [6, 6.07) is 5.05. The van der Waals surface area contributed by atoms with E-state index in [9.17, 15) is 4.79 Å². The molecule has 6 nitrogen and oxygen atoms in total. The van der Waals surface area contributed by atoms with Crippen LogP contribution in [0.1, 0.15) is 5.56 Å². The van der Waals surface area contributed by atoms with Gasteiger partial charge in [-0.2, -0.15) is 0 Å². The normalized spacial score (nSPS) is 10.1. The molecule has 0 aliphatic carbocycles. The number of hydrogen-bond acceptors (Lipinski definition) is 5. The molecule has 0 fully saturated rings. The molecule has 2 N–H and O–H groups in total. The monoisotopic (exact) mass is 269 g/mol. The largest absolute Gasteiger partial charge is 0.493 e. The van der Waals surface area contributed by atoms with Crippen LogP contribution in [0.15, 0.2) is 18.2 Å². The number of amides is 1. The summed E-state index contributed by atoms with van der Waals surface area (Å²) in [5, 5.41) is 11.7. The van der Waals surface area contributed by atoms with E-state index in [4.69, 9.17) is 19.3 Å². The van der Waals surface area contributed by atoms with E-state index in [1.807, 2.05) is 0 Å². The minimum Gasteiger partial charge on any atom is -0.493 e. The van der Waals surface area contributed by atoms with Crippen LogP contribution in [0.5, 0.6) is 11.5 Å². The predicted molar refractivity (Wildman–Crippen MR) is 69.3 cm³/mol. The van der Waals surface area contributed by atoms with Crippen molar-refractivity contribution in [3.8, 4) is 11.5 Å². The van der Waals surface area contributed by atoms with Gasteiger partial charge in [-0.1, -0.05) is 6.07 Å². The molecule has 1 aromatic rings. The van der Waals surface area contributed by atoms with Crippen molar-refractivity contribution in [2.45, 2.75) is 6.61 Å². The van der Waals surface area contributed by atoms with Gasteiger partial charge in [0.1, 0.15) is 0 Å². The van der Waals surface area contributed by atoms with E-state index in [1.165, 1.54) is 7.11 Å². The first kappa shape index (κ1) is 15.3. The molecule has 0 aliphatic rings. The van der Waals surface area contributed by atoms with Gasteiger partial charge in [0.05, 0.1) is 20.3 Å². The van der Waals surface area contributed by atoms with Gasteiger partial charge in [0.2, 0.25) is 0 Å². The molecular formula is C13H19NO5. The minimum absolute atomic E-state index is 0.0968. The summed E-state index contributed by atoms with van der Waals surface area (Å²) < 4.78 is 15.3. The molecule has 0 saturated carbocycles. The highest BCUT2D eigenvalue weighted by Crippen LogP contribution is 2.27. The highest BCUT2D eigenvalue weighted by Gasteiger charge is 2.08. The first-order valence-corrected chi connectivity index (χ1v) is 5.87. The molecule has 0 unspecified atom stereocenters. The summed E-state index contributed by atoms with van der Waals surface area (Å²) in [5.74, 6) is 0.700. The zero-order valence-electron chi connectivity index (χ0n) is 11.1. The molecule has 0 heterocycles. The van der Waals surface area contributed by atoms with Gasteiger partial charge in [-0.3, -0.25) is 4.79 Å². The van der Waals surface area contributed by atoms with Crippen LogP contribution >= 0.6 is 0 Å². The number of aliphatic hydroxyl groups is 1. The second kappa shape index (κ2) is 8.34. The lowest BCUT2D eigenvalue weighted by atomic mass is 10.2. The van der Waals surface area contributed by atoms with Crippen LogP contribution in [0.2, 0.25) is 0 Å². The molecule has 0 spiro atoms. The third kappa shape index (κ3) is 5.15. The molecule has 0 aromatic heterocycles. The van der Waals surface area contributed by atoms with Crippen molar-refractivity contribution >= 4 is 5.91 Å². The van der Waals surface area contributed by atoms with E-state index in [2.05, 4.69) is 5.32 Å². The number of methoxy groups -OCH3 is 2. The van der Waals surface area contributed by atoms with Gasteiger partial charge in [-0.25, -0.2) is 0 Å². The van der Waals surface area contributed by atoms with Gasteiger partial charge in [-0.05, 0) is 17.7 Å². The Bertz CT molecular complexity index is 408. The second-order valence-electron chi connectivity index (χ2n) is 3.77. The third-order valence-corrected chi connectivity index (χ3v) is 2.40. The molecule has 106 valence electrons. The lowest BCUT2D eigenvalue weighted by Crippen LogP contribution is -2.31. The van der Waals surface area contributed by atoms with E-state index in [0.29, 0.717) is 30.2 Å². The Morgan fingerprint density at radius 2 is 2.11 bits per heavy atom. The Labute approximate surface area is 112 Å². The molecule has 0 bridgehead atoms. The van der Waals surface area contributed by atoms with Crippen molar-refractivity contribution in [1.29, 1.82) is 0 Å². The number of benzene rings is 1. The topological polar surface area (TPSA) is 77.0 Å². The molecule has 1 amide bonds. The van der Waals surface area contributed by atoms with Crippen molar-refractivity contribution in [2.24, 2.45) is 0 Å². The lowest BCUT2D eigenvalue weighted by Gasteiger charge is -2.11. The number of carbonyl (C=O) groups excluding carboxylic acids is 1. The fraction of sp³-hybridized carbons (Fsp3) is 0.462. The standard InChI is InChI=1S/C13H19NO5/c1-17-6-5-14-13(16)9-19-12-7-10(8-15)3-4-11(12)18-2/h3-4,7,15H,5-6,8-9H2,1-2H3,(H,14,16). The summed E-state index contributed by atoms with van der Waals surface area (Å²) in [6.45, 7) is 0.677. The maximum absolute atomic E-state index is 11.5. The maximum atomic E-state index is 11.5. The highest BCUT2D eigenvalue weighted by molar-refractivity contribution is 5.77. The quantitative estimate of drug-likeness (QED) is 0.665. The SMILES string of the molecule is COCCNC(=O)COc1cc(CO)ccc1OC. The Hall–Kier alpha value is -1.79. The number of hydrogen-bond donors (Lipinski definition) is 2. The maximum Gasteiger partial charge on any atom is 0.258 e. The number of carbonyl (C=O) groups is 1. The van der Waals surface area contributed by atoms with Gasteiger partial charge in [-0.15, -0.1) is 0 Å². The van der Waals surface area contributed by atoms with E-state index in [-0.39, 0.29) is 19.1 Å². The van der Waals surface area contributed by atoms with Crippen LogP contribution in [0, 0.1) is 0 Å². The second-order valence-corrected chi connectivity index (χ2v) is 3.77. The van der Waals surface area contributed by atoms with Crippen LogP contribution < -0.4 is 14.8 Å². The van der Waals surface area contributed by atoms with Crippen LogP contribution in [0.3, 0.4) is 0 Å². The van der Waals surface area contributed by atoms with E-state index >= 15 is 0 Å². The summed E-state index contributed by atoms with van der Waals surface area (Å²) in [6.07, 6.45) is 0. The van der Waals surface area contributed by atoms with Gasteiger partial charge >= 0.3 is 0 Å². The molecule has 1 aromatic carbocycles. The Balaban J connectivity index is 2.53. The zero-order valence-corrected chi connectivity index (χ0v) is 11.1. The van der Waals surface area contributed by atoms with E-state index < -0.39 is 0 Å². The Kier molecular flexibility index (Phi) is 6.70. The molecular weight excluding hydrogens is 250 g/mol. The Morgan fingerprint density at radius 3 is 2.74 bits per heavy atom. The van der Waals surface area contributed by atoms with Gasteiger partial charge in [0.25, 0.3) is 5.91 Å². The molecule has 0 aliphatic heterocycles. The van der Waals surface area contributed by atoms with Crippen molar-refractivity contribution in [1.82, 2.24) is 5.32 Å². The van der Waals surface area contributed by atoms with Gasteiger partial charge in [0.15, 0.2) is 18.1 Å². The van der Waals surface area contributed by atoms with E-state index in [0.717, 1.165) is 0 Å². The summed E-state index contributed by atoms with van der Waals surface area (Å²) in [5.41, 5.74) is 0.690. The van der Waals surface area contributed by atoms with Crippen LogP contribution in [0.25, 0.3) is 0 Å². The third-order valence-electron chi connectivity index (χ3n) is 2.40. The predicted octanol–water partition coefficient (Wildman–Crippen LogP) is 0.329. The summed E-state index contributed by atoms with van der Waals surface area (Å²) in [7, 11) is 3.08. The van der Waals surface area contributed by atoms with Gasteiger partial charge in [0, 0.05) is 13.7 Å². The Morgan fingerprint density at radius 1 is 1.32 bits per heavy atom. The average Bonchev–Trinajstić information content (AvgIpc) is 2.45. The first-order valence-electron chi connectivity index (χ1n) is 5.87. The van der Waals surface area contributed by atoms with Crippen LogP contribution in [-0.2, 0) is 16.1 Å². The number of rotatable bonds is 8. The molecule has 0 atom stereocenters. The molecule has 19 heavy (non-hydrogen) atoms. The average molecular weight is 269 g/mol. The minimum atomic E-state index is -0.242. The van der Waals surface area contributed by atoms with Gasteiger partial charge < -0.3 is 24.6 Å². The molecule has 6 heteroatoms. The van der Waals surface area contributed by atoms with Crippen LogP contribution in [-0.4, -0.2) is 45.0 Å². The highest BCUT2D eigenvalue weighted by atomic mass is 16.5. The summed E-state index contributed by atoms with van der Waals surface area (Å²) in [4.78, 5) is 11.5. The molecule has 0 saturated heterocycles. The summed E-state index contributed by atoms with van der Waals surface area (Å²) >= 11 is 0. The first-order chi connectivity index (χ1) is 9.21. The van der Waals surface area contributed by atoms with Crippen molar-refractivity contribution in [3.63, 3.8) is 0 Å². The fourth-order valence-corrected chi connectivity index (χ4v) is 1.42. The fourth-order valence-electron chi connectivity index (χ4n) is 1.42. The van der Waals surface area contributed by atoms with Crippen molar-refractivity contribution < 1.29 is 24.1 Å². The smallest absolute Gasteiger partial charge is 0.258 e. The lowest BCUT2D eigenvalue weighted by molar-refractivity contribution is -0.123.